The summed E-state index contributed by atoms with van der Waals surface area (Å²) in [4.78, 5) is 26.0. The summed E-state index contributed by atoms with van der Waals surface area (Å²) in [5, 5.41) is 14.0. The predicted molar refractivity (Wildman–Crippen MR) is 79.4 cm³/mol. The average Bonchev–Trinajstić information content (AvgIpc) is 2.43. The van der Waals surface area contributed by atoms with Gasteiger partial charge in [0.1, 0.15) is 0 Å². The number of ether oxygens (including phenoxy) is 1. The maximum absolute atomic E-state index is 11.5. The Balaban J connectivity index is 2.95. The molecule has 1 aromatic heterocycles. The van der Waals surface area contributed by atoms with Gasteiger partial charge < -0.3 is 10.1 Å². The maximum Gasteiger partial charge on any atom is 0.356 e. The van der Waals surface area contributed by atoms with E-state index in [2.05, 4.69) is 28.9 Å². The smallest absolute Gasteiger partial charge is 0.356 e. The highest BCUT2D eigenvalue weighted by Crippen LogP contribution is 2.24. The number of hydrogen-bond donors (Lipinski definition) is 1. The van der Waals surface area contributed by atoms with Crippen LogP contribution in [-0.4, -0.2) is 29.0 Å². The van der Waals surface area contributed by atoms with Crippen LogP contribution in [0.15, 0.2) is 12.1 Å². The molecule has 7 heteroatoms. The number of esters is 1. The number of pyridine rings is 1. The van der Waals surface area contributed by atoms with Gasteiger partial charge in [-0.1, -0.05) is 13.8 Å². The third kappa shape index (κ3) is 5.02. The van der Waals surface area contributed by atoms with Crippen LogP contribution in [-0.2, 0) is 4.74 Å². The number of methoxy groups -OCH3 is 1. The van der Waals surface area contributed by atoms with Gasteiger partial charge in [0.2, 0.25) is 5.82 Å². The van der Waals surface area contributed by atoms with Crippen LogP contribution in [0.3, 0.4) is 0 Å². The van der Waals surface area contributed by atoms with Crippen LogP contribution in [0.1, 0.15) is 44.1 Å². The third-order valence-electron chi connectivity index (χ3n) is 3.03. The van der Waals surface area contributed by atoms with E-state index in [1.807, 2.05) is 6.92 Å². The number of nitro groups is 1. The molecule has 0 aliphatic carbocycles. The third-order valence-corrected chi connectivity index (χ3v) is 3.03. The van der Waals surface area contributed by atoms with E-state index in [4.69, 9.17) is 0 Å². The number of aromatic nitrogens is 1. The molecule has 1 atom stereocenters. The highest BCUT2D eigenvalue weighted by Gasteiger charge is 2.20. The zero-order valence-corrected chi connectivity index (χ0v) is 12.8. The van der Waals surface area contributed by atoms with Gasteiger partial charge in [-0.3, -0.25) is 10.1 Å². The zero-order valence-electron chi connectivity index (χ0n) is 12.8. The number of nitrogens with zero attached hydrogens (tertiary/aromatic N) is 2. The van der Waals surface area contributed by atoms with Gasteiger partial charge in [-0.15, -0.1) is 0 Å². The van der Waals surface area contributed by atoms with Gasteiger partial charge in [-0.25, -0.2) is 9.78 Å². The summed E-state index contributed by atoms with van der Waals surface area (Å²) < 4.78 is 4.58. The van der Waals surface area contributed by atoms with E-state index < -0.39 is 10.9 Å². The number of nitrogens with one attached hydrogen (secondary N) is 1. The Labute approximate surface area is 123 Å². The van der Waals surface area contributed by atoms with E-state index in [9.17, 15) is 14.9 Å². The molecule has 0 saturated heterocycles. The SMILES string of the molecule is COC(=O)c1ccc([N+](=O)[O-])c(NC(C)CCC(C)C)n1. The Hall–Kier alpha value is -2.18. The summed E-state index contributed by atoms with van der Waals surface area (Å²) in [5.41, 5.74) is -0.110. The Morgan fingerprint density at radius 2 is 2.05 bits per heavy atom. The second-order valence-corrected chi connectivity index (χ2v) is 5.33. The van der Waals surface area contributed by atoms with E-state index in [1.165, 1.54) is 19.2 Å². The molecule has 1 rings (SSSR count). The lowest BCUT2D eigenvalue weighted by Crippen LogP contribution is -2.19. The fraction of sp³-hybridized carbons (Fsp3) is 0.571. The summed E-state index contributed by atoms with van der Waals surface area (Å²) in [6.07, 6.45) is 1.86. The maximum atomic E-state index is 11.5. The van der Waals surface area contributed by atoms with E-state index in [0.717, 1.165) is 12.8 Å². The summed E-state index contributed by atoms with van der Waals surface area (Å²) in [7, 11) is 1.24. The van der Waals surface area contributed by atoms with E-state index in [0.29, 0.717) is 5.92 Å². The van der Waals surface area contributed by atoms with Gasteiger partial charge in [0, 0.05) is 12.1 Å². The molecule has 0 amide bonds. The molecule has 1 heterocycles. The first kappa shape index (κ1) is 16.9. The number of carbonyl (C=O) groups is 1. The van der Waals surface area contributed by atoms with Crippen molar-refractivity contribution in [3.05, 3.63) is 27.9 Å². The second-order valence-electron chi connectivity index (χ2n) is 5.33. The van der Waals surface area contributed by atoms with Gasteiger partial charge in [-0.05, 0) is 31.7 Å². The van der Waals surface area contributed by atoms with Crippen molar-refractivity contribution in [3.63, 3.8) is 0 Å². The van der Waals surface area contributed by atoms with Crippen LogP contribution in [0.2, 0.25) is 0 Å². The molecule has 1 aromatic rings. The van der Waals surface area contributed by atoms with Crippen molar-refractivity contribution >= 4 is 17.5 Å². The Bertz CT molecular complexity index is 517. The van der Waals surface area contributed by atoms with Gasteiger partial charge in [0.25, 0.3) is 0 Å². The molecule has 1 unspecified atom stereocenters. The van der Waals surface area contributed by atoms with Gasteiger partial charge in [0.05, 0.1) is 12.0 Å². The highest BCUT2D eigenvalue weighted by molar-refractivity contribution is 5.88. The van der Waals surface area contributed by atoms with Crippen molar-refractivity contribution in [2.24, 2.45) is 5.92 Å². The van der Waals surface area contributed by atoms with Crippen molar-refractivity contribution < 1.29 is 14.5 Å². The minimum absolute atomic E-state index is 0.0199. The van der Waals surface area contributed by atoms with Crippen LogP contribution in [0.5, 0.6) is 0 Å². The van der Waals surface area contributed by atoms with Gasteiger partial charge in [0.15, 0.2) is 5.69 Å². The number of anilines is 1. The fourth-order valence-corrected chi connectivity index (χ4v) is 1.81. The first-order valence-electron chi connectivity index (χ1n) is 6.85. The van der Waals surface area contributed by atoms with Crippen molar-refractivity contribution in [2.45, 2.75) is 39.7 Å². The molecule has 0 saturated carbocycles. The van der Waals surface area contributed by atoms with Crippen molar-refractivity contribution in [2.75, 3.05) is 12.4 Å². The number of carbonyl (C=O) groups excluding carboxylic acids is 1. The molecule has 0 radical (unpaired) electrons. The summed E-state index contributed by atoms with van der Waals surface area (Å²) in [5.74, 6) is 0.0283. The Kier molecular flexibility index (Phi) is 6.08. The monoisotopic (exact) mass is 295 g/mol. The molecule has 0 bridgehead atoms. The predicted octanol–water partition coefficient (Wildman–Crippen LogP) is 3.01. The molecule has 21 heavy (non-hydrogen) atoms. The van der Waals surface area contributed by atoms with Crippen LogP contribution >= 0.6 is 0 Å². The largest absolute Gasteiger partial charge is 0.464 e. The summed E-state index contributed by atoms with van der Waals surface area (Å²) >= 11 is 0. The molecule has 0 aliphatic heterocycles. The summed E-state index contributed by atoms with van der Waals surface area (Å²) in [6, 6.07) is 2.57. The van der Waals surface area contributed by atoms with Crippen LogP contribution in [0, 0.1) is 16.0 Å². The fourth-order valence-electron chi connectivity index (χ4n) is 1.81. The summed E-state index contributed by atoms with van der Waals surface area (Å²) in [6.45, 7) is 6.16. The molecule has 0 aliphatic rings. The topological polar surface area (TPSA) is 94.4 Å². The average molecular weight is 295 g/mol. The lowest BCUT2D eigenvalue weighted by Gasteiger charge is -2.16. The quantitative estimate of drug-likeness (QED) is 0.472. The lowest BCUT2D eigenvalue weighted by atomic mass is 10.0. The van der Waals surface area contributed by atoms with E-state index in [1.54, 1.807) is 0 Å². The lowest BCUT2D eigenvalue weighted by molar-refractivity contribution is -0.384. The number of hydrogen-bond acceptors (Lipinski definition) is 6. The Morgan fingerprint density at radius 1 is 1.38 bits per heavy atom. The molecule has 0 spiro atoms. The van der Waals surface area contributed by atoms with Gasteiger partial charge >= 0.3 is 11.7 Å². The van der Waals surface area contributed by atoms with Crippen LogP contribution in [0.4, 0.5) is 11.5 Å². The molecule has 116 valence electrons. The van der Waals surface area contributed by atoms with Crippen molar-refractivity contribution in [3.8, 4) is 0 Å². The van der Waals surface area contributed by atoms with Crippen LogP contribution in [0.25, 0.3) is 0 Å². The molecule has 0 fully saturated rings. The Morgan fingerprint density at radius 3 is 2.57 bits per heavy atom. The highest BCUT2D eigenvalue weighted by atomic mass is 16.6. The van der Waals surface area contributed by atoms with Crippen molar-refractivity contribution in [1.82, 2.24) is 4.98 Å². The van der Waals surface area contributed by atoms with Crippen LogP contribution < -0.4 is 5.32 Å². The zero-order chi connectivity index (χ0) is 16.0. The standard InChI is InChI=1S/C14H21N3O4/c1-9(2)5-6-10(3)15-13-12(17(19)20)8-7-11(16-13)14(18)21-4/h7-10H,5-6H2,1-4H3,(H,15,16). The minimum atomic E-state index is -0.622. The second kappa shape index (κ2) is 7.56. The number of rotatable bonds is 7. The molecule has 0 aromatic carbocycles. The molecular weight excluding hydrogens is 274 g/mol. The molecule has 1 N–H and O–H groups in total. The minimum Gasteiger partial charge on any atom is -0.464 e. The first-order chi connectivity index (χ1) is 9.85. The van der Waals surface area contributed by atoms with E-state index in [-0.39, 0.29) is 23.2 Å². The molecule has 7 nitrogen and oxygen atoms in total. The molecular formula is C14H21N3O4. The van der Waals surface area contributed by atoms with Gasteiger partial charge in [-0.2, -0.15) is 0 Å². The normalized spacial score (nSPS) is 12.0. The van der Waals surface area contributed by atoms with E-state index >= 15 is 0 Å². The van der Waals surface area contributed by atoms with Crippen molar-refractivity contribution in [1.29, 1.82) is 0 Å². The first-order valence-corrected chi connectivity index (χ1v) is 6.85.